The molecule has 1 saturated heterocycles. The van der Waals surface area contributed by atoms with Gasteiger partial charge in [0.25, 0.3) is 5.91 Å². The Morgan fingerprint density at radius 1 is 1.28 bits per heavy atom. The predicted octanol–water partition coefficient (Wildman–Crippen LogP) is 2.64. The van der Waals surface area contributed by atoms with Crippen LogP contribution >= 0.6 is 15.9 Å². The molecule has 0 spiro atoms. The summed E-state index contributed by atoms with van der Waals surface area (Å²) in [6.45, 7) is 0.0607. The Bertz CT molecular complexity index is 834. The fraction of sp³-hybridized carbons (Fsp3) is 0.353. The van der Waals surface area contributed by atoms with Gasteiger partial charge in [-0.15, -0.1) is 0 Å². The maximum absolute atomic E-state index is 12.7. The molecule has 2 aromatic rings. The van der Waals surface area contributed by atoms with Crippen LogP contribution in [0.5, 0.6) is 5.75 Å². The van der Waals surface area contributed by atoms with Gasteiger partial charge in [-0.1, -0.05) is 12.1 Å². The van der Waals surface area contributed by atoms with E-state index in [1.165, 1.54) is 6.26 Å². The quantitative estimate of drug-likeness (QED) is 0.707. The van der Waals surface area contributed by atoms with Crippen LogP contribution in [0.2, 0.25) is 0 Å². The fourth-order valence-corrected chi connectivity index (χ4v) is 4.93. The zero-order chi connectivity index (χ0) is 17.9. The summed E-state index contributed by atoms with van der Waals surface area (Å²) in [4.78, 5) is 14.2. The number of benzene rings is 1. The molecule has 0 N–H and O–H groups in total. The third kappa shape index (κ3) is 4.64. The van der Waals surface area contributed by atoms with Crippen molar-refractivity contribution < 1.29 is 22.4 Å². The smallest absolute Gasteiger partial charge is 0.261 e. The van der Waals surface area contributed by atoms with E-state index in [2.05, 4.69) is 15.9 Å². The molecule has 3 rings (SSSR count). The van der Waals surface area contributed by atoms with Gasteiger partial charge in [0, 0.05) is 6.04 Å². The Balaban J connectivity index is 1.71. The van der Waals surface area contributed by atoms with Crippen LogP contribution in [0, 0.1) is 0 Å². The first-order chi connectivity index (χ1) is 11.9. The van der Waals surface area contributed by atoms with Gasteiger partial charge in [0.1, 0.15) is 11.5 Å². The molecule has 1 fully saturated rings. The highest BCUT2D eigenvalue weighted by molar-refractivity contribution is 9.10. The molecule has 1 amide bonds. The third-order valence-electron chi connectivity index (χ3n) is 4.06. The topological polar surface area (TPSA) is 76.8 Å². The van der Waals surface area contributed by atoms with Gasteiger partial charge in [0.2, 0.25) is 0 Å². The Hall–Kier alpha value is -1.80. The Kier molecular flexibility index (Phi) is 5.48. The second-order valence-corrected chi connectivity index (χ2v) is 8.96. The highest BCUT2D eigenvalue weighted by Crippen LogP contribution is 2.25. The van der Waals surface area contributed by atoms with Gasteiger partial charge in [0.15, 0.2) is 16.4 Å². The Morgan fingerprint density at radius 2 is 2.08 bits per heavy atom. The van der Waals surface area contributed by atoms with Crippen molar-refractivity contribution in [3.8, 4) is 5.75 Å². The van der Waals surface area contributed by atoms with Crippen molar-refractivity contribution in [2.24, 2.45) is 0 Å². The maximum atomic E-state index is 12.7. The van der Waals surface area contributed by atoms with Crippen molar-refractivity contribution in [2.75, 3.05) is 18.1 Å². The van der Waals surface area contributed by atoms with E-state index in [1.54, 1.807) is 23.1 Å². The number of carbonyl (C=O) groups excluding carboxylic acids is 1. The molecule has 134 valence electrons. The molecule has 8 heteroatoms. The van der Waals surface area contributed by atoms with Crippen molar-refractivity contribution in [3.63, 3.8) is 0 Å². The summed E-state index contributed by atoms with van der Waals surface area (Å²) in [7, 11) is -3.10. The number of para-hydroxylation sites is 1. The molecule has 1 aromatic carbocycles. The van der Waals surface area contributed by atoms with E-state index in [0.717, 1.165) is 4.47 Å². The van der Waals surface area contributed by atoms with Crippen LogP contribution in [-0.4, -0.2) is 43.4 Å². The van der Waals surface area contributed by atoms with Gasteiger partial charge in [-0.25, -0.2) is 8.42 Å². The van der Waals surface area contributed by atoms with Gasteiger partial charge in [0.05, 0.1) is 28.8 Å². The van der Waals surface area contributed by atoms with E-state index in [-0.39, 0.29) is 36.6 Å². The van der Waals surface area contributed by atoms with Gasteiger partial charge in [-0.3, -0.25) is 4.79 Å². The minimum absolute atomic E-state index is 0.0194. The number of ether oxygens (including phenoxy) is 1. The van der Waals surface area contributed by atoms with Crippen LogP contribution in [0.15, 0.2) is 51.6 Å². The molecule has 1 unspecified atom stereocenters. The van der Waals surface area contributed by atoms with Crippen LogP contribution < -0.4 is 4.74 Å². The zero-order valence-electron chi connectivity index (χ0n) is 13.4. The standard InChI is InChI=1S/C17H18BrNO5S/c18-15-5-1-2-6-16(15)24-11-17(20)19(10-14-4-3-8-23-14)13-7-9-25(21,22)12-13/h1-6,8,13H,7,9-12H2. The second-order valence-electron chi connectivity index (χ2n) is 5.88. The number of carbonyl (C=O) groups is 1. The molecule has 2 heterocycles. The van der Waals surface area contributed by atoms with Crippen molar-refractivity contribution in [1.29, 1.82) is 0 Å². The molecule has 1 atom stereocenters. The summed E-state index contributed by atoms with van der Waals surface area (Å²) in [5, 5.41) is 0. The number of sulfone groups is 1. The molecule has 25 heavy (non-hydrogen) atoms. The highest BCUT2D eigenvalue weighted by Gasteiger charge is 2.35. The molecule has 1 aliphatic rings. The lowest BCUT2D eigenvalue weighted by Gasteiger charge is -2.27. The first-order valence-electron chi connectivity index (χ1n) is 7.84. The molecular weight excluding hydrogens is 410 g/mol. The number of rotatable bonds is 6. The summed E-state index contributed by atoms with van der Waals surface area (Å²) in [5.74, 6) is 0.986. The number of furan rings is 1. The number of nitrogens with zero attached hydrogens (tertiary/aromatic N) is 1. The molecule has 6 nitrogen and oxygen atoms in total. The summed E-state index contributed by atoms with van der Waals surface area (Å²) >= 11 is 3.37. The largest absolute Gasteiger partial charge is 0.483 e. The number of hydrogen-bond donors (Lipinski definition) is 0. The average Bonchev–Trinajstić information content (AvgIpc) is 3.20. The lowest BCUT2D eigenvalue weighted by Crippen LogP contribution is -2.43. The SMILES string of the molecule is O=C(COc1ccccc1Br)N(Cc1ccco1)C1CCS(=O)(=O)C1. The molecule has 0 saturated carbocycles. The Labute approximate surface area is 154 Å². The summed E-state index contributed by atoms with van der Waals surface area (Å²) in [6, 6.07) is 10.4. The first-order valence-corrected chi connectivity index (χ1v) is 10.5. The van der Waals surface area contributed by atoms with Crippen molar-refractivity contribution in [3.05, 3.63) is 52.9 Å². The number of halogens is 1. The number of amides is 1. The minimum Gasteiger partial charge on any atom is -0.483 e. The third-order valence-corrected chi connectivity index (χ3v) is 6.47. The summed E-state index contributed by atoms with van der Waals surface area (Å²) < 4.78 is 35.3. The molecule has 1 aliphatic heterocycles. The predicted molar refractivity (Wildman–Crippen MR) is 96.0 cm³/mol. The maximum Gasteiger partial charge on any atom is 0.261 e. The van der Waals surface area contributed by atoms with E-state index in [9.17, 15) is 13.2 Å². The van der Waals surface area contributed by atoms with Gasteiger partial charge in [-0.2, -0.15) is 0 Å². The zero-order valence-corrected chi connectivity index (χ0v) is 15.8. The number of hydrogen-bond acceptors (Lipinski definition) is 5. The monoisotopic (exact) mass is 427 g/mol. The molecule has 0 radical (unpaired) electrons. The lowest BCUT2D eigenvalue weighted by molar-refractivity contribution is -0.136. The Morgan fingerprint density at radius 3 is 2.72 bits per heavy atom. The van der Waals surface area contributed by atoms with E-state index in [1.807, 2.05) is 18.2 Å². The first kappa shape index (κ1) is 18.0. The van der Waals surface area contributed by atoms with Crippen molar-refractivity contribution in [1.82, 2.24) is 4.90 Å². The molecule has 0 aliphatic carbocycles. The summed E-state index contributed by atoms with van der Waals surface area (Å²) in [6.07, 6.45) is 1.96. The van der Waals surface area contributed by atoms with E-state index < -0.39 is 9.84 Å². The fourth-order valence-electron chi connectivity index (χ4n) is 2.80. The lowest BCUT2D eigenvalue weighted by atomic mass is 10.2. The van der Waals surface area contributed by atoms with Crippen LogP contribution in [0.3, 0.4) is 0 Å². The van der Waals surface area contributed by atoms with E-state index in [4.69, 9.17) is 9.15 Å². The molecule has 0 bridgehead atoms. The van der Waals surface area contributed by atoms with Crippen LogP contribution in [0.4, 0.5) is 0 Å². The summed E-state index contributed by atoms with van der Waals surface area (Å²) in [5.41, 5.74) is 0. The van der Waals surface area contributed by atoms with Crippen LogP contribution in [-0.2, 0) is 21.2 Å². The normalized spacial score (nSPS) is 18.8. The van der Waals surface area contributed by atoms with Crippen molar-refractivity contribution in [2.45, 2.75) is 19.0 Å². The van der Waals surface area contributed by atoms with Gasteiger partial charge >= 0.3 is 0 Å². The van der Waals surface area contributed by atoms with Crippen molar-refractivity contribution >= 4 is 31.7 Å². The highest BCUT2D eigenvalue weighted by atomic mass is 79.9. The van der Waals surface area contributed by atoms with Crippen LogP contribution in [0.25, 0.3) is 0 Å². The van der Waals surface area contributed by atoms with E-state index >= 15 is 0 Å². The molecular formula is C17H18BrNO5S. The second kappa shape index (κ2) is 7.61. The molecule has 1 aromatic heterocycles. The average molecular weight is 428 g/mol. The van der Waals surface area contributed by atoms with Gasteiger partial charge < -0.3 is 14.1 Å². The van der Waals surface area contributed by atoms with E-state index in [0.29, 0.717) is 17.9 Å². The van der Waals surface area contributed by atoms with Crippen LogP contribution in [0.1, 0.15) is 12.2 Å². The van der Waals surface area contributed by atoms with Gasteiger partial charge in [-0.05, 0) is 46.6 Å². The minimum atomic E-state index is -3.10.